The summed E-state index contributed by atoms with van der Waals surface area (Å²) in [6.07, 6.45) is 0.618. The van der Waals surface area contributed by atoms with Gasteiger partial charge in [0, 0.05) is 18.7 Å². The van der Waals surface area contributed by atoms with Gasteiger partial charge in [-0.15, -0.1) is 0 Å². The van der Waals surface area contributed by atoms with Gasteiger partial charge >= 0.3 is 0 Å². The summed E-state index contributed by atoms with van der Waals surface area (Å²) in [5.74, 6) is 0. The topological polar surface area (TPSA) is 89.8 Å². The standard InChI is InChI=1S/C10H12N2O5S/c1-8-3-4-9(12(13)14)7-10(8)18(15,16)11-5-2-6-17-11/h3-4,7H,2,5-6H2,1H3. The highest BCUT2D eigenvalue weighted by atomic mass is 32.2. The molecule has 8 heteroatoms. The number of sulfonamides is 1. The van der Waals surface area contributed by atoms with Crippen LogP contribution in [-0.2, 0) is 14.9 Å². The Hall–Kier alpha value is -1.51. The van der Waals surface area contributed by atoms with Crippen molar-refractivity contribution >= 4 is 15.7 Å². The molecule has 1 aliphatic heterocycles. The summed E-state index contributed by atoms with van der Waals surface area (Å²) >= 11 is 0. The zero-order valence-corrected chi connectivity index (χ0v) is 10.5. The van der Waals surface area contributed by atoms with Gasteiger partial charge in [0.15, 0.2) is 0 Å². The van der Waals surface area contributed by atoms with Gasteiger partial charge in [0.1, 0.15) is 0 Å². The molecule has 0 amide bonds. The van der Waals surface area contributed by atoms with Crippen molar-refractivity contribution in [3.63, 3.8) is 0 Å². The van der Waals surface area contributed by atoms with Crippen LogP contribution in [0, 0.1) is 17.0 Å². The number of nitro groups is 1. The molecule has 18 heavy (non-hydrogen) atoms. The second-order valence-electron chi connectivity index (χ2n) is 3.93. The first-order valence-electron chi connectivity index (χ1n) is 5.33. The fourth-order valence-electron chi connectivity index (χ4n) is 1.70. The van der Waals surface area contributed by atoms with E-state index in [0.29, 0.717) is 18.6 Å². The van der Waals surface area contributed by atoms with E-state index in [1.165, 1.54) is 12.1 Å². The summed E-state index contributed by atoms with van der Waals surface area (Å²) < 4.78 is 25.3. The first kappa shape index (κ1) is 12.9. The molecule has 1 fully saturated rings. The van der Waals surface area contributed by atoms with E-state index in [1.54, 1.807) is 6.92 Å². The van der Waals surface area contributed by atoms with Crippen LogP contribution in [0.5, 0.6) is 0 Å². The predicted molar refractivity (Wildman–Crippen MR) is 62.3 cm³/mol. The molecule has 0 unspecified atom stereocenters. The Balaban J connectivity index is 2.49. The maximum absolute atomic E-state index is 12.2. The molecule has 0 bridgehead atoms. The molecule has 0 atom stereocenters. The van der Waals surface area contributed by atoms with E-state index in [4.69, 9.17) is 4.84 Å². The van der Waals surface area contributed by atoms with Gasteiger partial charge in [0.2, 0.25) is 0 Å². The van der Waals surface area contributed by atoms with Gasteiger partial charge in [0.05, 0.1) is 16.4 Å². The Bertz CT molecular complexity index is 578. The quantitative estimate of drug-likeness (QED) is 0.609. The van der Waals surface area contributed by atoms with E-state index in [0.717, 1.165) is 10.5 Å². The van der Waals surface area contributed by atoms with Crippen LogP contribution in [0.3, 0.4) is 0 Å². The van der Waals surface area contributed by atoms with Crippen LogP contribution < -0.4 is 0 Å². The highest BCUT2D eigenvalue weighted by Crippen LogP contribution is 2.26. The number of hydrogen-bond acceptors (Lipinski definition) is 5. The van der Waals surface area contributed by atoms with Crippen molar-refractivity contribution in [2.75, 3.05) is 13.2 Å². The maximum Gasteiger partial charge on any atom is 0.270 e. The highest BCUT2D eigenvalue weighted by Gasteiger charge is 2.31. The Morgan fingerprint density at radius 2 is 2.17 bits per heavy atom. The summed E-state index contributed by atoms with van der Waals surface area (Å²) in [4.78, 5) is 15.0. The normalized spacial score (nSPS) is 16.9. The molecule has 0 aromatic heterocycles. The van der Waals surface area contributed by atoms with Gasteiger partial charge in [-0.2, -0.15) is 0 Å². The third-order valence-corrected chi connectivity index (χ3v) is 4.47. The molecule has 0 saturated carbocycles. The molecule has 0 radical (unpaired) electrons. The molecule has 1 aromatic carbocycles. The fraction of sp³-hybridized carbons (Fsp3) is 0.400. The van der Waals surface area contributed by atoms with E-state index >= 15 is 0 Å². The summed E-state index contributed by atoms with van der Waals surface area (Å²) in [7, 11) is -3.82. The molecular weight excluding hydrogens is 260 g/mol. The van der Waals surface area contributed by atoms with Crippen LogP contribution in [0.2, 0.25) is 0 Å². The summed E-state index contributed by atoms with van der Waals surface area (Å²) in [5.41, 5.74) is 0.203. The Labute approximate surface area is 104 Å². The summed E-state index contributed by atoms with van der Waals surface area (Å²) in [5, 5.41) is 10.7. The number of nitrogens with zero attached hydrogens (tertiary/aromatic N) is 2. The molecule has 1 saturated heterocycles. The van der Waals surface area contributed by atoms with E-state index < -0.39 is 14.9 Å². The van der Waals surface area contributed by atoms with E-state index in [9.17, 15) is 18.5 Å². The zero-order valence-electron chi connectivity index (χ0n) is 9.70. The Kier molecular flexibility index (Phi) is 3.33. The lowest BCUT2D eigenvalue weighted by Gasteiger charge is -2.15. The van der Waals surface area contributed by atoms with Crippen molar-refractivity contribution in [1.29, 1.82) is 0 Å². The van der Waals surface area contributed by atoms with Gasteiger partial charge in [-0.25, -0.2) is 8.42 Å². The van der Waals surface area contributed by atoms with Crippen molar-refractivity contribution in [3.05, 3.63) is 33.9 Å². The summed E-state index contributed by atoms with van der Waals surface area (Å²) in [6, 6.07) is 3.76. The largest absolute Gasteiger partial charge is 0.284 e. The molecule has 2 rings (SSSR count). The Morgan fingerprint density at radius 3 is 2.72 bits per heavy atom. The minimum absolute atomic E-state index is 0.0846. The van der Waals surface area contributed by atoms with E-state index in [1.807, 2.05) is 0 Å². The average Bonchev–Trinajstić information content (AvgIpc) is 2.82. The number of rotatable bonds is 3. The van der Waals surface area contributed by atoms with Gasteiger partial charge in [-0.05, 0) is 18.9 Å². The fourth-order valence-corrected chi connectivity index (χ4v) is 3.25. The van der Waals surface area contributed by atoms with Gasteiger partial charge in [-0.3, -0.25) is 15.0 Å². The van der Waals surface area contributed by atoms with Gasteiger partial charge in [-0.1, -0.05) is 10.5 Å². The molecule has 1 heterocycles. The summed E-state index contributed by atoms with van der Waals surface area (Å²) in [6.45, 7) is 2.20. The Morgan fingerprint density at radius 1 is 1.44 bits per heavy atom. The number of aryl methyl sites for hydroxylation is 1. The number of non-ortho nitro benzene ring substituents is 1. The molecule has 0 spiro atoms. The van der Waals surface area contributed by atoms with Gasteiger partial charge in [0.25, 0.3) is 15.7 Å². The molecular formula is C10H12N2O5S. The second kappa shape index (κ2) is 4.63. The lowest BCUT2D eigenvalue weighted by Crippen LogP contribution is -2.27. The maximum atomic E-state index is 12.2. The van der Waals surface area contributed by atoms with Crippen molar-refractivity contribution in [1.82, 2.24) is 4.47 Å². The van der Waals surface area contributed by atoms with Crippen molar-refractivity contribution < 1.29 is 18.2 Å². The lowest BCUT2D eigenvalue weighted by atomic mass is 10.2. The van der Waals surface area contributed by atoms with Crippen LogP contribution in [0.1, 0.15) is 12.0 Å². The second-order valence-corrected chi connectivity index (χ2v) is 5.72. The molecule has 7 nitrogen and oxygen atoms in total. The van der Waals surface area contributed by atoms with Crippen molar-refractivity contribution in [2.24, 2.45) is 0 Å². The third kappa shape index (κ3) is 2.22. The number of benzene rings is 1. The minimum atomic E-state index is -3.82. The van der Waals surface area contributed by atoms with Crippen LogP contribution >= 0.6 is 0 Å². The van der Waals surface area contributed by atoms with Crippen LogP contribution in [0.15, 0.2) is 23.1 Å². The molecule has 0 N–H and O–H groups in total. The third-order valence-electron chi connectivity index (χ3n) is 2.65. The van der Waals surface area contributed by atoms with Crippen LogP contribution in [0.25, 0.3) is 0 Å². The SMILES string of the molecule is Cc1ccc([N+](=O)[O-])cc1S(=O)(=O)N1CCCO1. The van der Waals surface area contributed by atoms with E-state index in [-0.39, 0.29) is 17.1 Å². The number of nitro benzene ring substituents is 1. The number of hydroxylamine groups is 1. The highest BCUT2D eigenvalue weighted by molar-refractivity contribution is 7.89. The molecule has 1 aliphatic rings. The number of hydrogen-bond donors (Lipinski definition) is 0. The molecule has 0 aliphatic carbocycles. The smallest absolute Gasteiger partial charge is 0.270 e. The average molecular weight is 272 g/mol. The first-order chi connectivity index (χ1) is 8.43. The van der Waals surface area contributed by atoms with Crippen molar-refractivity contribution in [3.8, 4) is 0 Å². The van der Waals surface area contributed by atoms with Crippen LogP contribution in [0.4, 0.5) is 5.69 Å². The minimum Gasteiger partial charge on any atom is -0.284 e. The molecule has 98 valence electrons. The van der Waals surface area contributed by atoms with Crippen molar-refractivity contribution in [2.45, 2.75) is 18.2 Å². The predicted octanol–water partition coefficient (Wildman–Crippen LogP) is 1.23. The first-order valence-corrected chi connectivity index (χ1v) is 6.77. The lowest BCUT2D eigenvalue weighted by molar-refractivity contribution is -0.385. The monoisotopic (exact) mass is 272 g/mol. The van der Waals surface area contributed by atoms with Crippen LogP contribution in [-0.4, -0.2) is 31.0 Å². The van der Waals surface area contributed by atoms with Gasteiger partial charge < -0.3 is 0 Å². The zero-order chi connectivity index (χ0) is 13.3. The molecule has 1 aromatic rings. The van der Waals surface area contributed by atoms with E-state index in [2.05, 4.69) is 0 Å².